The minimum absolute atomic E-state index is 0.0000610. The standard InChI is InChI=1S/C24H27ClF3NO3/c1-11-5-6-16-21(2,3)19(30)15(25)9-23(16)22(11,4)8-12-7-14(24(26,27)28)17-13(18(12)32-23)10-29-20(17)31/h7,11,15-16H,5-6,8-10H2,1-4H3,(H,29,31)/t11-,15-,16-,22?,23-/m0/s1. The van der Waals surface area contributed by atoms with Crippen LogP contribution in [0.3, 0.4) is 0 Å². The molecule has 4 nitrogen and oxygen atoms in total. The second-order valence-electron chi connectivity index (χ2n) is 10.8. The Bertz CT molecular complexity index is 1050. The number of alkyl halides is 4. The van der Waals surface area contributed by atoms with Crippen LogP contribution in [0.15, 0.2) is 6.07 Å². The molecule has 1 N–H and O–H groups in total. The Morgan fingerprint density at radius 1 is 1.19 bits per heavy atom. The van der Waals surface area contributed by atoms with Crippen molar-refractivity contribution in [3.8, 4) is 5.75 Å². The number of carbonyl (C=O) groups excluding carboxylic acids is 2. The van der Waals surface area contributed by atoms with Crippen LogP contribution in [0.25, 0.3) is 0 Å². The number of rotatable bonds is 0. The number of carbonyl (C=O) groups is 2. The number of amides is 1. The van der Waals surface area contributed by atoms with Crippen LogP contribution in [0.5, 0.6) is 5.75 Å². The van der Waals surface area contributed by atoms with Gasteiger partial charge in [0.1, 0.15) is 11.4 Å². The molecular formula is C24H27ClF3NO3. The summed E-state index contributed by atoms with van der Waals surface area (Å²) in [6.07, 6.45) is -2.29. The third-order valence-electron chi connectivity index (χ3n) is 9.03. The topological polar surface area (TPSA) is 55.4 Å². The van der Waals surface area contributed by atoms with Gasteiger partial charge >= 0.3 is 6.18 Å². The van der Waals surface area contributed by atoms with Gasteiger partial charge in [0.25, 0.3) is 5.91 Å². The number of hydrogen-bond acceptors (Lipinski definition) is 3. The molecule has 174 valence electrons. The van der Waals surface area contributed by atoms with Crippen LogP contribution in [-0.2, 0) is 23.9 Å². The largest absolute Gasteiger partial charge is 0.486 e. The van der Waals surface area contributed by atoms with Crippen molar-refractivity contribution < 1.29 is 27.5 Å². The summed E-state index contributed by atoms with van der Waals surface area (Å²) in [5.41, 5.74) is -2.50. The minimum Gasteiger partial charge on any atom is -0.486 e. The summed E-state index contributed by atoms with van der Waals surface area (Å²) in [6, 6.07) is 1.10. The van der Waals surface area contributed by atoms with E-state index in [9.17, 15) is 22.8 Å². The van der Waals surface area contributed by atoms with Gasteiger partial charge in [-0.2, -0.15) is 13.2 Å². The van der Waals surface area contributed by atoms with Crippen LogP contribution in [-0.4, -0.2) is 22.7 Å². The zero-order valence-electron chi connectivity index (χ0n) is 18.6. The molecular weight excluding hydrogens is 443 g/mol. The first kappa shape index (κ1) is 22.1. The molecule has 0 saturated heterocycles. The van der Waals surface area contributed by atoms with Crippen LogP contribution in [0.4, 0.5) is 13.2 Å². The van der Waals surface area contributed by atoms with Gasteiger partial charge in [0.15, 0.2) is 5.78 Å². The Morgan fingerprint density at radius 3 is 2.53 bits per heavy atom. The molecule has 2 fully saturated rings. The molecule has 5 atom stereocenters. The van der Waals surface area contributed by atoms with Crippen LogP contribution in [0.2, 0.25) is 0 Å². The average molecular weight is 470 g/mol. The normalized spacial score (nSPS) is 37.6. The van der Waals surface area contributed by atoms with E-state index in [1.165, 1.54) is 0 Å². The highest BCUT2D eigenvalue weighted by atomic mass is 35.5. The summed E-state index contributed by atoms with van der Waals surface area (Å²) in [5, 5.41) is 1.81. The lowest BCUT2D eigenvalue weighted by molar-refractivity contribution is -0.208. The first-order chi connectivity index (χ1) is 14.7. The van der Waals surface area contributed by atoms with Gasteiger partial charge in [-0.1, -0.05) is 27.7 Å². The Hall–Kier alpha value is -1.76. The van der Waals surface area contributed by atoms with Gasteiger partial charge < -0.3 is 10.1 Å². The highest BCUT2D eigenvalue weighted by Gasteiger charge is 2.69. The summed E-state index contributed by atoms with van der Waals surface area (Å²) >= 11 is 6.60. The van der Waals surface area contributed by atoms with Crippen molar-refractivity contribution in [1.29, 1.82) is 0 Å². The summed E-state index contributed by atoms with van der Waals surface area (Å²) < 4.78 is 48.5. The quantitative estimate of drug-likeness (QED) is 0.526. The molecule has 32 heavy (non-hydrogen) atoms. The predicted molar refractivity (Wildman–Crippen MR) is 113 cm³/mol. The van der Waals surface area contributed by atoms with Crippen molar-refractivity contribution in [2.24, 2.45) is 22.7 Å². The number of ketones is 1. The molecule has 2 saturated carbocycles. The zero-order chi connectivity index (χ0) is 23.4. The fraction of sp³-hybridized carbons (Fsp3) is 0.667. The van der Waals surface area contributed by atoms with Crippen molar-refractivity contribution in [3.63, 3.8) is 0 Å². The number of nitrogens with one attached hydrogen (secondary N) is 1. The number of Topliss-reactive ketones (excluding diaryl/α,β-unsaturated/α-hetero) is 1. The molecule has 1 spiro atoms. The molecule has 0 bridgehead atoms. The zero-order valence-corrected chi connectivity index (χ0v) is 19.3. The molecule has 2 aliphatic carbocycles. The lowest BCUT2D eigenvalue weighted by Crippen LogP contribution is -2.71. The van der Waals surface area contributed by atoms with E-state index in [1.807, 2.05) is 13.8 Å². The Labute approximate surface area is 190 Å². The van der Waals surface area contributed by atoms with Crippen molar-refractivity contribution in [2.75, 3.05) is 0 Å². The number of fused-ring (bicyclic) bond motifs is 3. The highest BCUT2D eigenvalue weighted by molar-refractivity contribution is 6.32. The Balaban J connectivity index is 1.76. The highest BCUT2D eigenvalue weighted by Crippen LogP contribution is 2.66. The van der Waals surface area contributed by atoms with E-state index in [-0.39, 0.29) is 35.3 Å². The summed E-state index contributed by atoms with van der Waals surface area (Å²) in [4.78, 5) is 25.4. The number of halogens is 4. The van der Waals surface area contributed by atoms with Gasteiger partial charge in [-0.3, -0.25) is 9.59 Å². The third kappa shape index (κ3) is 2.57. The van der Waals surface area contributed by atoms with E-state index in [0.29, 0.717) is 24.2 Å². The number of benzene rings is 1. The molecule has 0 aromatic heterocycles. The van der Waals surface area contributed by atoms with Crippen LogP contribution < -0.4 is 10.1 Å². The van der Waals surface area contributed by atoms with E-state index in [0.717, 1.165) is 18.9 Å². The molecule has 2 aliphatic heterocycles. The summed E-state index contributed by atoms with van der Waals surface area (Å²) in [6.45, 7) is 8.01. The molecule has 8 heteroatoms. The first-order valence-electron chi connectivity index (χ1n) is 11.2. The lowest BCUT2D eigenvalue weighted by Gasteiger charge is -2.66. The predicted octanol–water partition coefficient (Wildman–Crippen LogP) is 5.28. The molecule has 2 heterocycles. The maximum atomic E-state index is 13.9. The molecule has 1 aromatic rings. The van der Waals surface area contributed by atoms with Gasteiger partial charge in [0, 0.05) is 35.3 Å². The first-order valence-corrected chi connectivity index (χ1v) is 11.6. The number of ether oxygens (including phenoxy) is 1. The smallest absolute Gasteiger partial charge is 0.417 e. The maximum absolute atomic E-state index is 13.9. The molecule has 1 unspecified atom stereocenters. The van der Waals surface area contributed by atoms with E-state index >= 15 is 0 Å². The van der Waals surface area contributed by atoms with Crippen molar-refractivity contribution >= 4 is 23.3 Å². The third-order valence-corrected chi connectivity index (χ3v) is 9.39. The van der Waals surface area contributed by atoms with Gasteiger partial charge in [-0.15, -0.1) is 11.6 Å². The lowest BCUT2D eigenvalue weighted by atomic mass is 9.44. The number of hydrogen-bond donors (Lipinski definition) is 1. The van der Waals surface area contributed by atoms with E-state index < -0.39 is 39.5 Å². The molecule has 1 aromatic carbocycles. The average Bonchev–Trinajstić information content (AvgIpc) is 3.07. The second-order valence-corrected chi connectivity index (χ2v) is 11.3. The minimum atomic E-state index is -4.64. The summed E-state index contributed by atoms with van der Waals surface area (Å²) in [5.74, 6) is -0.308. The Kier molecular flexibility index (Phi) is 4.43. The SMILES string of the molecule is C[C@H]1CC[C@H]2C(C)(C)C(=O)[C@@H](Cl)C[C@]23Oc2c(cc(C(F)(F)F)c4c2CNC4=O)CC13C. The molecule has 4 aliphatic rings. The van der Waals surface area contributed by atoms with Gasteiger partial charge in [0.05, 0.1) is 16.5 Å². The van der Waals surface area contributed by atoms with Crippen molar-refractivity contribution in [2.45, 2.75) is 77.1 Å². The summed E-state index contributed by atoms with van der Waals surface area (Å²) in [7, 11) is 0. The maximum Gasteiger partial charge on any atom is 0.417 e. The van der Waals surface area contributed by atoms with Crippen LogP contribution in [0.1, 0.15) is 74.0 Å². The van der Waals surface area contributed by atoms with Gasteiger partial charge in [0.2, 0.25) is 0 Å². The van der Waals surface area contributed by atoms with Gasteiger partial charge in [-0.05, 0) is 36.8 Å². The van der Waals surface area contributed by atoms with Crippen molar-refractivity contribution in [3.05, 3.63) is 28.3 Å². The monoisotopic (exact) mass is 469 g/mol. The van der Waals surface area contributed by atoms with Crippen molar-refractivity contribution in [1.82, 2.24) is 5.32 Å². The fourth-order valence-corrected chi connectivity index (χ4v) is 7.63. The molecule has 0 radical (unpaired) electrons. The van der Waals surface area contributed by atoms with Crippen LogP contribution >= 0.6 is 11.6 Å². The van der Waals surface area contributed by atoms with E-state index in [2.05, 4.69) is 19.2 Å². The van der Waals surface area contributed by atoms with E-state index in [4.69, 9.17) is 16.3 Å². The fourth-order valence-electron chi connectivity index (χ4n) is 7.12. The van der Waals surface area contributed by atoms with Gasteiger partial charge in [-0.25, -0.2) is 0 Å². The molecule has 5 rings (SSSR count). The van der Waals surface area contributed by atoms with Crippen LogP contribution in [0, 0.1) is 22.7 Å². The van der Waals surface area contributed by atoms with E-state index in [1.54, 1.807) is 0 Å². The molecule has 1 amide bonds. The second kappa shape index (κ2) is 6.43. The Morgan fingerprint density at radius 2 is 1.88 bits per heavy atom.